The molecule has 98 valence electrons. The third-order valence-corrected chi connectivity index (χ3v) is 3.02. The fourth-order valence-corrected chi connectivity index (χ4v) is 2.13. The first kappa shape index (κ1) is 13.1. The zero-order chi connectivity index (χ0) is 13.2. The first-order chi connectivity index (χ1) is 8.44. The molecule has 3 heteroatoms. The number of carbonyl (C=O) groups excluding carboxylic acids is 1. The lowest BCUT2D eigenvalue weighted by Gasteiger charge is -2.19. The number of aryl methyl sites for hydroxylation is 2. The molecule has 0 aliphatic heterocycles. The maximum Gasteiger partial charge on any atom is 0.250 e. The molecule has 0 fully saturated rings. The van der Waals surface area contributed by atoms with Gasteiger partial charge in [0.05, 0.1) is 5.60 Å². The number of carbonyl (C=O) groups is 1. The number of benzene rings is 1. The average Bonchev–Trinajstić information content (AvgIpc) is 2.72. The Kier molecular flexibility index (Phi) is 3.71. The summed E-state index contributed by atoms with van der Waals surface area (Å²) in [4.78, 5) is 11.7. The highest BCUT2D eigenvalue weighted by atomic mass is 16.5. The van der Waals surface area contributed by atoms with Gasteiger partial charge in [-0.05, 0) is 63.3 Å². The van der Waals surface area contributed by atoms with Crippen molar-refractivity contribution in [1.82, 2.24) is 0 Å². The highest BCUT2D eigenvalue weighted by Crippen LogP contribution is 2.24. The molecule has 1 aliphatic carbocycles. The van der Waals surface area contributed by atoms with Gasteiger partial charge in [-0.1, -0.05) is 6.07 Å². The molecule has 1 aliphatic rings. The van der Waals surface area contributed by atoms with Gasteiger partial charge < -0.3 is 10.1 Å². The Morgan fingerprint density at radius 3 is 2.72 bits per heavy atom. The number of amides is 1. The maximum absolute atomic E-state index is 11.7. The zero-order valence-electron chi connectivity index (χ0n) is 11.4. The van der Waals surface area contributed by atoms with Gasteiger partial charge in [0.25, 0.3) is 0 Å². The molecule has 0 bridgehead atoms. The second-order valence-corrected chi connectivity index (χ2v) is 5.79. The SMILES string of the molecule is CC(C)(C)OCC(=O)Nc1ccc2c(c1)CCC2. The monoisotopic (exact) mass is 247 g/mol. The smallest absolute Gasteiger partial charge is 0.250 e. The van der Waals surface area contributed by atoms with Crippen LogP contribution >= 0.6 is 0 Å². The van der Waals surface area contributed by atoms with E-state index in [2.05, 4.69) is 17.4 Å². The van der Waals surface area contributed by atoms with Crippen LogP contribution in [0.25, 0.3) is 0 Å². The highest BCUT2D eigenvalue weighted by Gasteiger charge is 2.14. The maximum atomic E-state index is 11.7. The Hall–Kier alpha value is -1.35. The molecule has 0 aromatic heterocycles. The molecule has 2 rings (SSSR count). The number of rotatable bonds is 3. The summed E-state index contributed by atoms with van der Waals surface area (Å²) in [5.74, 6) is -0.0946. The number of nitrogens with one attached hydrogen (secondary N) is 1. The van der Waals surface area contributed by atoms with Gasteiger partial charge in [-0.3, -0.25) is 4.79 Å². The van der Waals surface area contributed by atoms with Crippen molar-refractivity contribution in [2.24, 2.45) is 0 Å². The van der Waals surface area contributed by atoms with E-state index in [9.17, 15) is 4.79 Å². The number of fused-ring (bicyclic) bond motifs is 1. The van der Waals surface area contributed by atoms with E-state index in [-0.39, 0.29) is 18.1 Å². The summed E-state index contributed by atoms with van der Waals surface area (Å²) in [6, 6.07) is 6.17. The summed E-state index contributed by atoms with van der Waals surface area (Å²) in [7, 11) is 0. The van der Waals surface area contributed by atoms with Gasteiger partial charge in [0.1, 0.15) is 6.61 Å². The van der Waals surface area contributed by atoms with Gasteiger partial charge in [0.15, 0.2) is 0 Å². The van der Waals surface area contributed by atoms with Crippen LogP contribution < -0.4 is 5.32 Å². The van der Waals surface area contributed by atoms with Crippen molar-refractivity contribution in [3.63, 3.8) is 0 Å². The van der Waals surface area contributed by atoms with Gasteiger partial charge in [0, 0.05) is 5.69 Å². The van der Waals surface area contributed by atoms with Crippen LogP contribution in [0.2, 0.25) is 0 Å². The molecule has 0 unspecified atom stereocenters. The molecule has 18 heavy (non-hydrogen) atoms. The van der Waals surface area contributed by atoms with Crippen LogP contribution in [0.3, 0.4) is 0 Å². The first-order valence-corrected chi connectivity index (χ1v) is 6.50. The largest absolute Gasteiger partial charge is 0.366 e. The normalized spacial score (nSPS) is 14.4. The quantitative estimate of drug-likeness (QED) is 0.891. The zero-order valence-corrected chi connectivity index (χ0v) is 11.4. The minimum atomic E-state index is -0.282. The van der Waals surface area contributed by atoms with Crippen molar-refractivity contribution in [2.45, 2.75) is 45.6 Å². The molecule has 1 aromatic rings. The molecule has 0 heterocycles. The summed E-state index contributed by atoms with van der Waals surface area (Å²) in [5, 5.41) is 2.88. The molecule has 0 atom stereocenters. The molecule has 1 amide bonds. The van der Waals surface area contributed by atoms with Crippen LogP contribution in [0.4, 0.5) is 5.69 Å². The average molecular weight is 247 g/mol. The van der Waals surface area contributed by atoms with Crippen molar-refractivity contribution in [3.8, 4) is 0 Å². The molecule has 3 nitrogen and oxygen atoms in total. The van der Waals surface area contributed by atoms with Crippen LogP contribution in [-0.2, 0) is 22.4 Å². The standard InChI is InChI=1S/C15H21NO2/c1-15(2,3)18-10-14(17)16-13-8-7-11-5-4-6-12(11)9-13/h7-9H,4-6,10H2,1-3H3,(H,16,17). The summed E-state index contributed by atoms with van der Waals surface area (Å²) in [6.45, 7) is 5.92. The third kappa shape index (κ3) is 3.57. The van der Waals surface area contributed by atoms with Gasteiger partial charge in [-0.2, -0.15) is 0 Å². The lowest BCUT2D eigenvalue weighted by molar-refractivity contribution is -0.125. The van der Waals surface area contributed by atoms with Crippen LogP contribution in [0.5, 0.6) is 0 Å². The molecule has 1 aromatic carbocycles. The van der Waals surface area contributed by atoms with Gasteiger partial charge in [-0.15, -0.1) is 0 Å². The first-order valence-electron chi connectivity index (χ1n) is 6.50. The Balaban J connectivity index is 1.91. The van der Waals surface area contributed by atoms with Crippen molar-refractivity contribution < 1.29 is 9.53 Å². The van der Waals surface area contributed by atoms with Crippen LogP contribution in [-0.4, -0.2) is 18.1 Å². The molecular formula is C15H21NO2. The molecule has 1 N–H and O–H groups in total. The van der Waals surface area contributed by atoms with E-state index in [1.807, 2.05) is 26.8 Å². The van der Waals surface area contributed by atoms with Gasteiger partial charge in [0.2, 0.25) is 5.91 Å². The predicted molar refractivity (Wildman–Crippen MR) is 72.8 cm³/mol. The highest BCUT2D eigenvalue weighted by molar-refractivity contribution is 5.91. The van der Waals surface area contributed by atoms with E-state index >= 15 is 0 Å². The minimum Gasteiger partial charge on any atom is -0.366 e. The van der Waals surface area contributed by atoms with E-state index in [0.717, 1.165) is 18.5 Å². The molecular weight excluding hydrogens is 226 g/mol. The van der Waals surface area contributed by atoms with Crippen LogP contribution in [0.1, 0.15) is 38.3 Å². The van der Waals surface area contributed by atoms with Crippen LogP contribution in [0, 0.1) is 0 Å². The van der Waals surface area contributed by atoms with Crippen molar-refractivity contribution in [3.05, 3.63) is 29.3 Å². The molecule has 0 saturated heterocycles. The molecule has 0 saturated carbocycles. The molecule has 0 spiro atoms. The fourth-order valence-electron chi connectivity index (χ4n) is 2.13. The number of hydrogen-bond acceptors (Lipinski definition) is 2. The second kappa shape index (κ2) is 5.11. The summed E-state index contributed by atoms with van der Waals surface area (Å²) < 4.78 is 5.44. The Bertz CT molecular complexity index is 446. The van der Waals surface area contributed by atoms with E-state index < -0.39 is 0 Å². The fraction of sp³-hybridized carbons (Fsp3) is 0.533. The number of anilines is 1. The van der Waals surface area contributed by atoms with Gasteiger partial charge in [-0.25, -0.2) is 0 Å². The summed E-state index contributed by atoms with van der Waals surface area (Å²) >= 11 is 0. The lowest BCUT2D eigenvalue weighted by atomic mass is 10.1. The summed E-state index contributed by atoms with van der Waals surface area (Å²) in [5.41, 5.74) is 3.37. The van der Waals surface area contributed by atoms with Crippen molar-refractivity contribution in [1.29, 1.82) is 0 Å². The molecule has 0 radical (unpaired) electrons. The van der Waals surface area contributed by atoms with Gasteiger partial charge >= 0.3 is 0 Å². The van der Waals surface area contributed by atoms with Crippen LogP contribution in [0.15, 0.2) is 18.2 Å². The van der Waals surface area contributed by atoms with Crippen molar-refractivity contribution in [2.75, 3.05) is 11.9 Å². The van der Waals surface area contributed by atoms with E-state index in [0.29, 0.717) is 0 Å². The topological polar surface area (TPSA) is 38.3 Å². The Labute approximate surface area is 109 Å². The number of hydrogen-bond donors (Lipinski definition) is 1. The number of ether oxygens (including phenoxy) is 1. The lowest BCUT2D eigenvalue weighted by Crippen LogP contribution is -2.27. The minimum absolute atomic E-state index is 0.0946. The van der Waals surface area contributed by atoms with E-state index in [4.69, 9.17) is 4.74 Å². The van der Waals surface area contributed by atoms with E-state index in [1.165, 1.54) is 17.5 Å². The van der Waals surface area contributed by atoms with Crippen molar-refractivity contribution >= 4 is 11.6 Å². The Morgan fingerprint density at radius 2 is 2.00 bits per heavy atom. The third-order valence-electron chi connectivity index (χ3n) is 3.02. The van der Waals surface area contributed by atoms with E-state index in [1.54, 1.807) is 0 Å². The second-order valence-electron chi connectivity index (χ2n) is 5.79. The predicted octanol–water partition coefficient (Wildman–Crippen LogP) is 2.93. The summed E-state index contributed by atoms with van der Waals surface area (Å²) in [6.07, 6.45) is 3.51. The Morgan fingerprint density at radius 1 is 1.28 bits per heavy atom.